The van der Waals surface area contributed by atoms with Crippen molar-refractivity contribution >= 4 is 5.91 Å². The van der Waals surface area contributed by atoms with Crippen molar-refractivity contribution in [3.05, 3.63) is 30.1 Å². The first-order valence-corrected chi connectivity index (χ1v) is 11.0. The summed E-state index contributed by atoms with van der Waals surface area (Å²) in [4.78, 5) is 19.7. The van der Waals surface area contributed by atoms with Gasteiger partial charge in [-0.1, -0.05) is 12.5 Å². The van der Waals surface area contributed by atoms with E-state index in [2.05, 4.69) is 20.5 Å². The van der Waals surface area contributed by atoms with E-state index < -0.39 is 0 Å². The molecule has 1 aromatic rings. The summed E-state index contributed by atoms with van der Waals surface area (Å²) in [6.45, 7) is 4.18. The summed E-state index contributed by atoms with van der Waals surface area (Å²) in [5.41, 5.74) is 1.05. The van der Waals surface area contributed by atoms with Gasteiger partial charge in [0.1, 0.15) is 0 Å². The average molecular weight is 387 g/mol. The standard InChI is InChI=1S/C22H34N4O2/c27-22(24-14-17-3-2-10-23-13-17)18-6-7-20(25-19-4-1-5-19)16-26(15-18)21-8-11-28-12-9-21/h2-3,10,13,18-21,25H,1,4-9,11-12,14-16H2,(H,24,27)/t18-,20+/m1/s1. The highest BCUT2D eigenvalue weighted by Crippen LogP contribution is 2.26. The summed E-state index contributed by atoms with van der Waals surface area (Å²) >= 11 is 0. The molecule has 4 rings (SSSR count). The van der Waals surface area contributed by atoms with Crippen molar-refractivity contribution < 1.29 is 9.53 Å². The molecule has 6 nitrogen and oxygen atoms in total. The quantitative estimate of drug-likeness (QED) is 0.784. The number of nitrogens with zero attached hydrogens (tertiary/aromatic N) is 2. The van der Waals surface area contributed by atoms with Gasteiger partial charge in [-0.15, -0.1) is 0 Å². The number of carbonyl (C=O) groups excluding carboxylic acids is 1. The SMILES string of the molecule is O=C(NCc1cccnc1)[C@@H]1CC[C@H](NC2CCC2)CN(C2CCOCC2)C1. The van der Waals surface area contributed by atoms with Gasteiger partial charge in [0.05, 0.1) is 5.92 Å². The maximum Gasteiger partial charge on any atom is 0.224 e. The van der Waals surface area contributed by atoms with E-state index >= 15 is 0 Å². The molecule has 2 N–H and O–H groups in total. The number of hydrogen-bond acceptors (Lipinski definition) is 5. The zero-order valence-electron chi connectivity index (χ0n) is 16.8. The molecule has 1 saturated carbocycles. The van der Waals surface area contributed by atoms with E-state index in [9.17, 15) is 4.79 Å². The minimum absolute atomic E-state index is 0.0627. The maximum atomic E-state index is 12.9. The molecule has 1 aromatic heterocycles. The van der Waals surface area contributed by atoms with E-state index in [0.29, 0.717) is 24.7 Å². The van der Waals surface area contributed by atoms with E-state index in [1.54, 1.807) is 6.20 Å². The van der Waals surface area contributed by atoms with Gasteiger partial charge in [-0.25, -0.2) is 0 Å². The molecule has 0 aromatic carbocycles. The van der Waals surface area contributed by atoms with E-state index in [0.717, 1.165) is 57.6 Å². The summed E-state index contributed by atoms with van der Waals surface area (Å²) in [6.07, 6.45) is 11.8. The molecule has 0 unspecified atom stereocenters. The Morgan fingerprint density at radius 2 is 1.96 bits per heavy atom. The van der Waals surface area contributed by atoms with E-state index in [1.165, 1.54) is 19.3 Å². The van der Waals surface area contributed by atoms with Crippen LogP contribution in [-0.4, -0.2) is 60.2 Å². The summed E-state index contributed by atoms with van der Waals surface area (Å²) in [6, 6.07) is 5.66. The Morgan fingerprint density at radius 1 is 1.11 bits per heavy atom. The minimum atomic E-state index is 0.0627. The molecule has 3 fully saturated rings. The normalized spacial score (nSPS) is 27.7. The van der Waals surface area contributed by atoms with Gasteiger partial charge >= 0.3 is 0 Å². The Morgan fingerprint density at radius 3 is 2.68 bits per heavy atom. The number of amides is 1. The Balaban J connectivity index is 1.37. The van der Waals surface area contributed by atoms with Gasteiger partial charge in [-0.05, 0) is 50.2 Å². The lowest BCUT2D eigenvalue weighted by Gasteiger charge is -2.38. The van der Waals surface area contributed by atoms with Crippen molar-refractivity contribution in [3.8, 4) is 0 Å². The fourth-order valence-corrected chi connectivity index (χ4v) is 4.67. The topological polar surface area (TPSA) is 66.5 Å². The number of rotatable bonds is 6. The molecular weight excluding hydrogens is 352 g/mol. The maximum absolute atomic E-state index is 12.9. The fourth-order valence-electron chi connectivity index (χ4n) is 4.67. The number of hydrogen-bond donors (Lipinski definition) is 2. The van der Waals surface area contributed by atoms with Crippen LogP contribution in [-0.2, 0) is 16.1 Å². The van der Waals surface area contributed by atoms with Crippen LogP contribution in [0.3, 0.4) is 0 Å². The van der Waals surface area contributed by atoms with Gasteiger partial charge in [0, 0.05) is 63.4 Å². The molecule has 1 aliphatic carbocycles. The second-order valence-corrected chi connectivity index (χ2v) is 8.64. The first-order valence-electron chi connectivity index (χ1n) is 11.0. The molecule has 3 heterocycles. The van der Waals surface area contributed by atoms with Crippen molar-refractivity contribution in [1.82, 2.24) is 20.5 Å². The van der Waals surface area contributed by atoms with Crippen LogP contribution in [0.1, 0.15) is 50.5 Å². The Labute approximate surface area is 168 Å². The van der Waals surface area contributed by atoms with Crippen LogP contribution >= 0.6 is 0 Å². The number of pyridine rings is 1. The first-order chi connectivity index (χ1) is 13.8. The number of carbonyl (C=O) groups is 1. The molecule has 0 radical (unpaired) electrons. The molecule has 28 heavy (non-hydrogen) atoms. The van der Waals surface area contributed by atoms with Crippen LogP contribution in [0, 0.1) is 5.92 Å². The van der Waals surface area contributed by atoms with Gasteiger partial charge in [0.15, 0.2) is 0 Å². The zero-order valence-corrected chi connectivity index (χ0v) is 16.8. The van der Waals surface area contributed by atoms with Gasteiger partial charge in [-0.3, -0.25) is 14.7 Å². The number of aromatic nitrogens is 1. The Hall–Kier alpha value is -1.50. The van der Waals surface area contributed by atoms with Crippen molar-refractivity contribution in [1.29, 1.82) is 0 Å². The lowest BCUT2D eigenvalue weighted by Crippen LogP contribution is -2.50. The third-order valence-corrected chi connectivity index (χ3v) is 6.62. The largest absolute Gasteiger partial charge is 0.381 e. The summed E-state index contributed by atoms with van der Waals surface area (Å²) in [7, 11) is 0. The van der Waals surface area contributed by atoms with E-state index in [1.807, 2.05) is 18.3 Å². The first kappa shape index (κ1) is 19.8. The summed E-state index contributed by atoms with van der Waals surface area (Å²) < 4.78 is 5.57. The molecule has 6 heteroatoms. The smallest absolute Gasteiger partial charge is 0.224 e. The molecule has 0 bridgehead atoms. The minimum Gasteiger partial charge on any atom is -0.381 e. The molecule has 154 valence electrons. The molecule has 3 aliphatic rings. The van der Waals surface area contributed by atoms with Crippen molar-refractivity contribution in [3.63, 3.8) is 0 Å². The molecule has 1 amide bonds. The van der Waals surface area contributed by atoms with Crippen LogP contribution < -0.4 is 10.6 Å². The van der Waals surface area contributed by atoms with E-state index in [-0.39, 0.29) is 11.8 Å². The lowest BCUT2D eigenvalue weighted by atomic mass is 9.91. The van der Waals surface area contributed by atoms with Crippen LogP contribution in [0.25, 0.3) is 0 Å². The van der Waals surface area contributed by atoms with E-state index in [4.69, 9.17) is 4.74 Å². The number of likely N-dealkylation sites (tertiary alicyclic amines) is 1. The number of ether oxygens (including phenoxy) is 1. The van der Waals surface area contributed by atoms with Gasteiger partial charge in [0.25, 0.3) is 0 Å². The van der Waals surface area contributed by atoms with Crippen molar-refractivity contribution in [2.45, 2.75) is 69.6 Å². The predicted molar refractivity (Wildman–Crippen MR) is 109 cm³/mol. The van der Waals surface area contributed by atoms with Gasteiger partial charge in [-0.2, -0.15) is 0 Å². The third-order valence-electron chi connectivity index (χ3n) is 6.62. The summed E-state index contributed by atoms with van der Waals surface area (Å²) in [5.74, 6) is 0.248. The fraction of sp³-hybridized carbons (Fsp3) is 0.727. The highest BCUT2D eigenvalue weighted by molar-refractivity contribution is 5.78. The third kappa shape index (κ3) is 5.31. The highest BCUT2D eigenvalue weighted by Gasteiger charge is 2.33. The van der Waals surface area contributed by atoms with Crippen molar-refractivity contribution in [2.75, 3.05) is 26.3 Å². The van der Waals surface area contributed by atoms with Crippen LogP contribution in [0.4, 0.5) is 0 Å². The lowest BCUT2D eigenvalue weighted by molar-refractivity contribution is -0.126. The second-order valence-electron chi connectivity index (χ2n) is 8.64. The van der Waals surface area contributed by atoms with Crippen LogP contribution in [0.5, 0.6) is 0 Å². The number of nitrogens with one attached hydrogen (secondary N) is 2. The zero-order chi connectivity index (χ0) is 19.2. The molecule has 2 atom stereocenters. The Kier molecular flexibility index (Phi) is 6.94. The van der Waals surface area contributed by atoms with Crippen LogP contribution in [0.15, 0.2) is 24.5 Å². The molecule has 2 aliphatic heterocycles. The average Bonchev–Trinajstić information content (AvgIpc) is 2.93. The predicted octanol–water partition coefficient (Wildman–Crippen LogP) is 2.10. The highest BCUT2D eigenvalue weighted by atomic mass is 16.5. The summed E-state index contributed by atoms with van der Waals surface area (Å²) in [5, 5.41) is 7.02. The molecule has 0 spiro atoms. The molecule has 2 saturated heterocycles. The van der Waals surface area contributed by atoms with Crippen molar-refractivity contribution in [2.24, 2.45) is 5.92 Å². The molecular formula is C22H34N4O2. The Bertz CT molecular complexity index is 616. The van der Waals surface area contributed by atoms with Gasteiger partial charge in [0.2, 0.25) is 5.91 Å². The van der Waals surface area contributed by atoms with Gasteiger partial charge < -0.3 is 15.4 Å². The second kappa shape index (κ2) is 9.81. The van der Waals surface area contributed by atoms with Crippen LogP contribution in [0.2, 0.25) is 0 Å². The monoisotopic (exact) mass is 386 g/mol.